The quantitative estimate of drug-likeness (QED) is 0.485. The van der Waals surface area contributed by atoms with Crippen LogP contribution in [0, 0.1) is 12.3 Å². The third-order valence-corrected chi connectivity index (χ3v) is 4.90. The van der Waals surface area contributed by atoms with E-state index in [-0.39, 0.29) is 18.0 Å². The fourth-order valence-corrected chi connectivity index (χ4v) is 3.72. The van der Waals surface area contributed by atoms with Crippen molar-refractivity contribution < 1.29 is 19.1 Å². The molecule has 0 radical (unpaired) electrons. The molecule has 2 aromatic heterocycles. The van der Waals surface area contributed by atoms with Crippen molar-refractivity contribution in [3.05, 3.63) is 40.3 Å². The van der Waals surface area contributed by atoms with Gasteiger partial charge >= 0.3 is 5.97 Å². The minimum absolute atomic E-state index is 0.199. The zero-order valence-electron chi connectivity index (χ0n) is 15.6. The van der Waals surface area contributed by atoms with E-state index in [1.54, 1.807) is 42.9 Å². The molecule has 2 heterocycles. The zero-order chi connectivity index (χ0) is 20.3. The van der Waals surface area contributed by atoms with Gasteiger partial charge in [-0.1, -0.05) is 17.3 Å². The first kappa shape index (κ1) is 19.4. The Morgan fingerprint density at radius 1 is 1.39 bits per heavy atom. The lowest BCUT2D eigenvalue weighted by Gasteiger charge is -2.03. The van der Waals surface area contributed by atoms with Gasteiger partial charge in [-0.3, -0.25) is 9.48 Å². The van der Waals surface area contributed by atoms with Crippen LogP contribution in [0.15, 0.2) is 29.4 Å². The van der Waals surface area contributed by atoms with Crippen LogP contribution in [-0.2, 0) is 18.3 Å². The number of amides is 1. The molecule has 3 rings (SSSR count). The average molecular weight is 398 g/mol. The molecule has 0 aliphatic carbocycles. The summed E-state index contributed by atoms with van der Waals surface area (Å²) in [4.78, 5) is 29.3. The van der Waals surface area contributed by atoms with E-state index in [9.17, 15) is 9.59 Å². The number of esters is 1. The van der Waals surface area contributed by atoms with Gasteiger partial charge in [0, 0.05) is 13.2 Å². The van der Waals surface area contributed by atoms with Gasteiger partial charge in [0.2, 0.25) is 5.88 Å². The maximum atomic E-state index is 12.7. The molecule has 0 unspecified atom stereocenters. The van der Waals surface area contributed by atoms with Crippen LogP contribution in [0.5, 0.6) is 5.88 Å². The lowest BCUT2D eigenvalue weighted by atomic mass is 10.2. The molecule has 0 aliphatic rings. The van der Waals surface area contributed by atoms with Gasteiger partial charge in [0.15, 0.2) is 4.80 Å². The summed E-state index contributed by atoms with van der Waals surface area (Å²) < 4.78 is 14.2. The van der Waals surface area contributed by atoms with Crippen LogP contribution in [0.1, 0.15) is 27.6 Å². The number of benzene rings is 1. The van der Waals surface area contributed by atoms with Crippen molar-refractivity contribution in [3.8, 4) is 18.2 Å². The van der Waals surface area contributed by atoms with Crippen molar-refractivity contribution >= 4 is 33.4 Å². The number of hydrogen-bond acceptors (Lipinski definition) is 6. The van der Waals surface area contributed by atoms with Crippen LogP contribution in [-0.4, -0.2) is 39.9 Å². The Labute approximate surface area is 165 Å². The summed E-state index contributed by atoms with van der Waals surface area (Å²) in [6.07, 6.45) is 7.03. The smallest absolute Gasteiger partial charge is 0.338 e. The van der Waals surface area contributed by atoms with Crippen molar-refractivity contribution in [1.29, 1.82) is 0 Å². The predicted molar refractivity (Wildman–Crippen MR) is 104 cm³/mol. The maximum Gasteiger partial charge on any atom is 0.338 e. The van der Waals surface area contributed by atoms with E-state index >= 15 is 0 Å². The van der Waals surface area contributed by atoms with E-state index in [0.29, 0.717) is 17.0 Å². The summed E-state index contributed by atoms with van der Waals surface area (Å²) in [6.45, 7) is 2.27. The van der Waals surface area contributed by atoms with Crippen molar-refractivity contribution in [1.82, 2.24) is 14.3 Å². The number of hydrogen-bond donors (Lipinski definition) is 0. The van der Waals surface area contributed by atoms with Crippen molar-refractivity contribution in [2.45, 2.75) is 13.5 Å². The topological polar surface area (TPSA) is 87.7 Å². The highest BCUT2D eigenvalue weighted by Gasteiger charge is 2.17. The number of fused-ring (bicyclic) bond motifs is 1. The van der Waals surface area contributed by atoms with Gasteiger partial charge in [-0.2, -0.15) is 4.99 Å². The summed E-state index contributed by atoms with van der Waals surface area (Å²) in [6, 6.07) is 5.14. The third-order valence-electron chi connectivity index (χ3n) is 3.86. The third kappa shape index (κ3) is 3.68. The zero-order valence-corrected chi connectivity index (χ0v) is 16.4. The number of nitrogens with zero attached hydrogens (tertiary/aromatic N) is 4. The molecule has 0 atom stereocenters. The highest BCUT2D eigenvalue weighted by Crippen LogP contribution is 2.21. The van der Waals surface area contributed by atoms with Crippen molar-refractivity contribution in [2.24, 2.45) is 12.0 Å². The fraction of sp³-hybridized carbons (Fsp3) is 0.263. The first-order valence-corrected chi connectivity index (χ1v) is 9.20. The molecular weight excluding hydrogens is 380 g/mol. The molecule has 0 saturated carbocycles. The van der Waals surface area contributed by atoms with Crippen molar-refractivity contribution in [2.75, 3.05) is 13.7 Å². The highest BCUT2D eigenvalue weighted by atomic mass is 32.1. The lowest BCUT2D eigenvalue weighted by molar-refractivity contribution is 0.0526. The Balaban J connectivity index is 2.12. The monoisotopic (exact) mass is 398 g/mol. The summed E-state index contributed by atoms with van der Waals surface area (Å²) in [7, 11) is 3.13. The van der Waals surface area contributed by atoms with E-state index in [1.807, 2.05) is 0 Å². The minimum Gasteiger partial charge on any atom is -0.479 e. The lowest BCUT2D eigenvalue weighted by Crippen LogP contribution is -2.16. The Kier molecular flexibility index (Phi) is 5.61. The number of ether oxygens (including phenoxy) is 2. The molecule has 28 heavy (non-hydrogen) atoms. The van der Waals surface area contributed by atoms with Crippen LogP contribution in [0.4, 0.5) is 0 Å². The number of aromatic nitrogens is 3. The van der Waals surface area contributed by atoms with E-state index in [2.05, 4.69) is 16.0 Å². The van der Waals surface area contributed by atoms with Gasteiger partial charge in [0.1, 0.15) is 5.56 Å². The van der Waals surface area contributed by atoms with Crippen LogP contribution in [0.25, 0.3) is 10.2 Å². The second kappa shape index (κ2) is 8.10. The molecule has 9 heteroatoms. The molecule has 1 amide bonds. The molecule has 3 aromatic rings. The van der Waals surface area contributed by atoms with Gasteiger partial charge in [-0.15, -0.1) is 11.5 Å². The van der Waals surface area contributed by atoms with Crippen LogP contribution in [0.2, 0.25) is 0 Å². The van der Waals surface area contributed by atoms with Gasteiger partial charge < -0.3 is 14.0 Å². The summed E-state index contributed by atoms with van der Waals surface area (Å²) in [5.41, 5.74) is 1.46. The number of carbonyl (C=O) groups excluding carboxylic acids is 2. The van der Waals surface area contributed by atoms with Crippen LogP contribution < -0.4 is 9.54 Å². The summed E-state index contributed by atoms with van der Waals surface area (Å²) >= 11 is 1.26. The second-order valence-corrected chi connectivity index (χ2v) is 6.73. The minimum atomic E-state index is -0.493. The highest BCUT2D eigenvalue weighted by molar-refractivity contribution is 7.16. The van der Waals surface area contributed by atoms with E-state index < -0.39 is 11.9 Å². The largest absolute Gasteiger partial charge is 0.479 e. The molecule has 0 aliphatic heterocycles. The van der Waals surface area contributed by atoms with Gasteiger partial charge in [0.25, 0.3) is 5.91 Å². The van der Waals surface area contributed by atoms with Crippen LogP contribution in [0.3, 0.4) is 0 Å². The molecule has 0 saturated heterocycles. The molecule has 1 aromatic carbocycles. The molecule has 144 valence electrons. The molecule has 0 N–H and O–H groups in total. The number of carbonyl (C=O) groups is 2. The fourth-order valence-electron chi connectivity index (χ4n) is 2.66. The normalized spacial score (nSPS) is 11.4. The number of terminal acetylenes is 1. The van der Waals surface area contributed by atoms with E-state index in [4.69, 9.17) is 15.9 Å². The van der Waals surface area contributed by atoms with Gasteiger partial charge in [0.05, 0.1) is 36.0 Å². The first-order valence-electron chi connectivity index (χ1n) is 8.39. The SMILES string of the molecule is C#CCn1c(=NC(=O)c2cn(C)nc2OC)sc2cc(C(=O)OCC)ccc21. The predicted octanol–water partition coefficient (Wildman–Crippen LogP) is 2.00. The first-order chi connectivity index (χ1) is 13.5. The van der Waals surface area contributed by atoms with Gasteiger partial charge in [-0.05, 0) is 25.1 Å². The van der Waals surface area contributed by atoms with E-state index in [1.165, 1.54) is 23.1 Å². The average Bonchev–Trinajstić information content (AvgIpc) is 3.22. The van der Waals surface area contributed by atoms with Gasteiger partial charge in [-0.25, -0.2) is 4.79 Å². The molecular formula is C19H18N4O4S. The number of methoxy groups -OCH3 is 1. The van der Waals surface area contributed by atoms with Crippen molar-refractivity contribution in [3.63, 3.8) is 0 Å². The summed E-state index contributed by atoms with van der Waals surface area (Å²) in [5, 5.41) is 4.07. The Bertz CT molecular complexity index is 1160. The Hall–Kier alpha value is -3.38. The number of aryl methyl sites for hydroxylation is 1. The summed E-state index contributed by atoms with van der Waals surface area (Å²) in [5.74, 6) is 1.87. The standard InChI is InChI=1S/C19H18N4O4S/c1-5-9-23-14-8-7-12(18(25)27-6-2)10-15(14)28-19(23)20-16(24)13-11-22(3)21-17(13)26-4/h1,7-8,10-11H,6,9H2,2-4H3. The Morgan fingerprint density at radius 3 is 2.86 bits per heavy atom. The molecule has 0 spiro atoms. The van der Waals surface area contributed by atoms with Crippen LogP contribution >= 0.6 is 11.3 Å². The Morgan fingerprint density at radius 2 is 2.18 bits per heavy atom. The molecule has 0 fully saturated rings. The number of thiazole rings is 1. The second-order valence-electron chi connectivity index (χ2n) is 5.72. The molecule has 8 nitrogen and oxygen atoms in total. The van der Waals surface area contributed by atoms with E-state index in [0.717, 1.165) is 10.2 Å². The maximum absolute atomic E-state index is 12.7. The molecule has 0 bridgehead atoms. The number of rotatable bonds is 5.